The molecule has 0 saturated heterocycles. The van der Waals surface area contributed by atoms with Gasteiger partial charge in [0.05, 0.1) is 20.3 Å². The van der Waals surface area contributed by atoms with Crippen LogP contribution in [0, 0.1) is 0 Å². The number of hydrazine groups is 1. The predicted molar refractivity (Wildman–Crippen MR) is 68.8 cm³/mol. The molecular weight excluding hydrogens is 250 g/mol. The van der Waals surface area contributed by atoms with Gasteiger partial charge in [-0.2, -0.15) is 0 Å². The van der Waals surface area contributed by atoms with Crippen LogP contribution in [0.5, 0.6) is 11.5 Å². The first kappa shape index (κ1) is 14.8. The number of hydrogen-bond donors (Lipinski definition) is 3. The summed E-state index contributed by atoms with van der Waals surface area (Å²) in [5.74, 6) is -0.0175. The van der Waals surface area contributed by atoms with Gasteiger partial charge in [-0.05, 0) is 25.1 Å². The van der Waals surface area contributed by atoms with Gasteiger partial charge in [0.2, 0.25) is 0 Å². The van der Waals surface area contributed by atoms with E-state index in [0.29, 0.717) is 17.1 Å². The standard InChI is InChI=1S/C12H17N3O4/c1-7(13)11(16)14-15-12(17)8-4-5-9(18-2)10(6-8)19-3/h4-7H,13H2,1-3H3,(H,14,16)(H,15,17). The molecule has 0 aliphatic heterocycles. The lowest BCUT2D eigenvalue weighted by molar-refractivity contribution is -0.122. The molecule has 0 aromatic heterocycles. The number of carbonyl (C=O) groups excluding carboxylic acids is 2. The van der Waals surface area contributed by atoms with Gasteiger partial charge < -0.3 is 15.2 Å². The van der Waals surface area contributed by atoms with Gasteiger partial charge in [-0.15, -0.1) is 0 Å². The van der Waals surface area contributed by atoms with Crippen LogP contribution in [0.3, 0.4) is 0 Å². The number of nitrogens with two attached hydrogens (primary N) is 1. The highest BCUT2D eigenvalue weighted by molar-refractivity contribution is 5.96. The van der Waals surface area contributed by atoms with Crippen LogP contribution in [-0.2, 0) is 4.79 Å². The molecule has 7 heteroatoms. The summed E-state index contributed by atoms with van der Waals surface area (Å²) >= 11 is 0. The molecule has 19 heavy (non-hydrogen) atoms. The normalized spacial score (nSPS) is 11.4. The van der Waals surface area contributed by atoms with Crippen molar-refractivity contribution in [3.05, 3.63) is 23.8 Å². The lowest BCUT2D eigenvalue weighted by Gasteiger charge is -2.11. The minimum absolute atomic E-state index is 0.322. The van der Waals surface area contributed by atoms with Gasteiger partial charge in [-0.3, -0.25) is 20.4 Å². The van der Waals surface area contributed by atoms with Crippen LogP contribution in [0.4, 0.5) is 0 Å². The van der Waals surface area contributed by atoms with E-state index in [0.717, 1.165) is 0 Å². The van der Waals surface area contributed by atoms with Crippen molar-refractivity contribution in [1.29, 1.82) is 0 Å². The Morgan fingerprint density at radius 1 is 1.16 bits per heavy atom. The molecular formula is C12H17N3O4. The summed E-state index contributed by atoms with van der Waals surface area (Å²) in [6, 6.07) is 3.95. The Morgan fingerprint density at radius 2 is 1.79 bits per heavy atom. The van der Waals surface area contributed by atoms with Crippen LogP contribution in [-0.4, -0.2) is 32.1 Å². The van der Waals surface area contributed by atoms with Crippen LogP contribution in [0.25, 0.3) is 0 Å². The fourth-order valence-corrected chi connectivity index (χ4v) is 1.28. The third-order valence-electron chi connectivity index (χ3n) is 2.36. The summed E-state index contributed by atoms with van der Waals surface area (Å²) in [6.07, 6.45) is 0. The summed E-state index contributed by atoms with van der Waals surface area (Å²) < 4.78 is 10.1. The maximum atomic E-state index is 11.8. The fraction of sp³-hybridized carbons (Fsp3) is 0.333. The molecule has 0 radical (unpaired) electrons. The van der Waals surface area contributed by atoms with Gasteiger partial charge >= 0.3 is 0 Å². The van der Waals surface area contributed by atoms with E-state index in [-0.39, 0.29) is 0 Å². The van der Waals surface area contributed by atoms with E-state index in [2.05, 4.69) is 10.9 Å². The molecule has 1 aromatic rings. The molecule has 0 aliphatic carbocycles. The zero-order chi connectivity index (χ0) is 14.4. The maximum Gasteiger partial charge on any atom is 0.269 e. The fourth-order valence-electron chi connectivity index (χ4n) is 1.28. The Labute approximate surface area is 111 Å². The number of amides is 2. The first-order valence-corrected chi connectivity index (χ1v) is 5.57. The Morgan fingerprint density at radius 3 is 2.32 bits per heavy atom. The van der Waals surface area contributed by atoms with Gasteiger partial charge in [0.25, 0.3) is 11.8 Å². The van der Waals surface area contributed by atoms with E-state index in [1.807, 2.05) is 0 Å². The van der Waals surface area contributed by atoms with Crippen LogP contribution >= 0.6 is 0 Å². The second kappa shape index (κ2) is 6.60. The molecule has 1 rings (SSSR count). The summed E-state index contributed by atoms with van der Waals surface area (Å²) in [5, 5.41) is 0. The molecule has 104 valence electrons. The van der Waals surface area contributed by atoms with E-state index >= 15 is 0 Å². The molecule has 1 aromatic carbocycles. The zero-order valence-corrected chi connectivity index (χ0v) is 11.0. The molecule has 0 aliphatic rings. The van der Waals surface area contributed by atoms with Crippen LogP contribution < -0.4 is 26.1 Å². The quantitative estimate of drug-likeness (QED) is 0.656. The highest BCUT2D eigenvalue weighted by Crippen LogP contribution is 2.27. The SMILES string of the molecule is COc1ccc(C(=O)NNC(=O)C(C)N)cc1OC. The molecule has 0 saturated carbocycles. The largest absolute Gasteiger partial charge is 0.493 e. The predicted octanol–water partition coefficient (Wildman–Crippen LogP) is -0.188. The van der Waals surface area contributed by atoms with E-state index in [4.69, 9.17) is 15.2 Å². The highest BCUT2D eigenvalue weighted by atomic mass is 16.5. The molecule has 7 nitrogen and oxygen atoms in total. The van der Waals surface area contributed by atoms with Crippen molar-refractivity contribution in [1.82, 2.24) is 10.9 Å². The number of methoxy groups -OCH3 is 2. The Balaban J connectivity index is 2.75. The van der Waals surface area contributed by atoms with Gasteiger partial charge in [-0.1, -0.05) is 0 Å². The Bertz CT molecular complexity index is 474. The number of hydrogen-bond acceptors (Lipinski definition) is 5. The molecule has 4 N–H and O–H groups in total. The van der Waals surface area contributed by atoms with E-state index in [9.17, 15) is 9.59 Å². The number of carbonyl (C=O) groups is 2. The smallest absolute Gasteiger partial charge is 0.269 e. The van der Waals surface area contributed by atoms with E-state index < -0.39 is 17.9 Å². The lowest BCUT2D eigenvalue weighted by atomic mass is 10.2. The van der Waals surface area contributed by atoms with Crippen molar-refractivity contribution in [3.63, 3.8) is 0 Å². The molecule has 0 spiro atoms. The monoisotopic (exact) mass is 267 g/mol. The maximum absolute atomic E-state index is 11.8. The first-order chi connectivity index (χ1) is 8.99. The summed E-state index contributed by atoms with van der Waals surface area (Å²) in [4.78, 5) is 23.0. The number of benzene rings is 1. The van der Waals surface area contributed by atoms with Crippen LogP contribution in [0.2, 0.25) is 0 Å². The van der Waals surface area contributed by atoms with Gasteiger partial charge in [0.15, 0.2) is 11.5 Å². The zero-order valence-electron chi connectivity index (χ0n) is 11.0. The molecule has 0 heterocycles. The Hall–Kier alpha value is -2.28. The third kappa shape index (κ3) is 3.85. The molecule has 0 bridgehead atoms. The van der Waals surface area contributed by atoms with E-state index in [1.165, 1.54) is 27.2 Å². The number of rotatable bonds is 4. The highest BCUT2D eigenvalue weighted by Gasteiger charge is 2.12. The average molecular weight is 267 g/mol. The van der Waals surface area contributed by atoms with Crippen molar-refractivity contribution < 1.29 is 19.1 Å². The molecule has 1 unspecified atom stereocenters. The lowest BCUT2D eigenvalue weighted by Crippen LogP contribution is -2.48. The third-order valence-corrected chi connectivity index (χ3v) is 2.36. The summed E-state index contributed by atoms with van der Waals surface area (Å²) in [7, 11) is 2.97. The first-order valence-electron chi connectivity index (χ1n) is 5.57. The van der Waals surface area contributed by atoms with Gasteiger partial charge in [0, 0.05) is 5.56 Å². The summed E-state index contributed by atoms with van der Waals surface area (Å²) in [5.41, 5.74) is 10.1. The minimum atomic E-state index is -0.703. The van der Waals surface area contributed by atoms with Crippen molar-refractivity contribution in [2.24, 2.45) is 5.73 Å². The summed E-state index contributed by atoms with van der Waals surface area (Å²) in [6.45, 7) is 1.51. The number of ether oxygens (including phenoxy) is 2. The van der Waals surface area contributed by atoms with E-state index in [1.54, 1.807) is 12.1 Å². The van der Waals surface area contributed by atoms with Crippen molar-refractivity contribution in [2.75, 3.05) is 14.2 Å². The van der Waals surface area contributed by atoms with Crippen molar-refractivity contribution in [2.45, 2.75) is 13.0 Å². The second-order valence-corrected chi connectivity index (χ2v) is 3.80. The Kier molecular flexibility index (Phi) is 5.13. The van der Waals surface area contributed by atoms with Crippen LogP contribution in [0.1, 0.15) is 17.3 Å². The topological polar surface area (TPSA) is 103 Å². The average Bonchev–Trinajstić information content (AvgIpc) is 2.43. The van der Waals surface area contributed by atoms with Crippen LogP contribution in [0.15, 0.2) is 18.2 Å². The molecule has 1 atom stereocenters. The minimum Gasteiger partial charge on any atom is -0.493 e. The van der Waals surface area contributed by atoms with Gasteiger partial charge in [0.1, 0.15) is 0 Å². The molecule has 0 fully saturated rings. The molecule has 2 amide bonds. The number of nitrogens with one attached hydrogen (secondary N) is 2. The van der Waals surface area contributed by atoms with Crippen molar-refractivity contribution in [3.8, 4) is 11.5 Å². The second-order valence-electron chi connectivity index (χ2n) is 3.80. The van der Waals surface area contributed by atoms with Gasteiger partial charge in [-0.25, -0.2) is 0 Å². The van der Waals surface area contributed by atoms with Crippen molar-refractivity contribution >= 4 is 11.8 Å².